The molecule has 2 aromatic carbocycles. The first-order valence-corrected chi connectivity index (χ1v) is 7.99. The molecular formula is C18H21BrFN. The maximum Gasteiger partial charge on any atom is 0.137 e. The zero-order valence-electron chi connectivity index (χ0n) is 12.9. The second-order valence-electron chi connectivity index (χ2n) is 5.46. The Kier molecular flexibility index (Phi) is 5.17. The van der Waals surface area contributed by atoms with Gasteiger partial charge in [0.05, 0.1) is 10.5 Å². The van der Waals surface area contributed by atoms with Crippen molar-refractivity contribution < 1.29 is 4.39 Å². The third-order valence-corrected chi connectivity index (χ3v) is 4.49. The molecule has 0 fully saturated rings. The van der Waals surface area contributed by atoms with Gasteiger partial charge in [0, 0.05) is 0 Å². The standard InChI is InChI=1S/C18H21BrFN/c1-5-21-18(14-6-7-17(20)16(19)10-14)15-9-12(3)11(2)8-13(15)4/h6-10,18,21H,5H2,1-4H3. The highest BCUT2D eigenvalue weighted by Crippen LogP contribution is 2.29. The SMILES string of the molecule is CCNC(c1ccc(F)c(Br)c1)c1cc(C)c(C)cc1C. The summed E-state index contributed by atoms with van der Waals surface area (Å²) in [7, 11) is 0. The molecule has 1 unspecified atom stereocenters. The number of nitrogens with one attached hydrogen (secondary N) is 1. The molecule has 0 radical (unpaired) electrons. The van der Waals surface area contributed by atoms with Crippen molar-refractivity contribution in [1.29, 1.82) is 0 Å². The van der Waals surface area contributed by atoms with Crippen LogP contribution in [0.25, 0.3) is 0 Å². The van der Waals surface area contributed by atoms with E-state index in [2.05, 4.69) is 61.1 Å². The van der Waals surface area contributed by atoms with Gasteiger partial charge in [0.15, 0.2) is 0 Å². The Balaban J connectivity index is 2.52. The minimum absolute atomic E-state index is 0.0752. The van der Waals surface area contributed by atoms with Crippen LogP contribution < -0.4 is 5.32 Å². The summed E-state index contributed by atoms with van der Waals surface area (Å²) in [5.74, 6) is -0.231. The van der Waals surface area contributed by atoms with Gasteiger partial charge in [-0.25, -0.2) is 4.39 Å². The number of hydrogen-bond donors (Lipinski definition) is 1. The number of halogens is 2. The zero-order valence-corrected chi connectivity index (χ0v) is 14.5. The predicted octanol–water partition coefficient (Wildman–Crippen LogP) is 5.21. The molecule has 1 atom stereocenters. The molecule has 21 heavy (non-hydrogen) atoms. The van der Waals surface area contributed by atoms with Crippen LogP contribution in [0.5, 0.6) is 0 Å². The molecule has 112 valence electrons. The minimum atomic E-state index is -0.231. The van der Waals surface area contributed by atoms with Gasteiger partial charge in [0.2, 0.25) is 0 Å². The largest absolute Gasteiger partial charge is 0.307 e. The number of hydrogen-bond acceptors (Lipinski definition) is 1. The Morgan fingerprint density at radius 2 is 1.71 bits per heavy atom. The van der Waals surface area contributed by atoms with Crippen molar-refractivity contribution >= 4 is 15.9 Å². The van der Waals surface area contributed by atoms with Crippen molar-refractivity contribution in [2.24, 2.45) is 0 Å². The molecule has 3 heteroatoms. The quantitative estimate of drug-likeness (QED) is 0.798. The van der Waals surface area contributed by atoms with E-state index < -0.39 is 0 Å². The van der Waals surface area contributed by atoms with E-state index in [1.54, 1.807) is 0 Å². The van der Waals surface area contributed by atoms with Crippen molar-refractivity contribution in [1.82, 2.24) is 5.32 Å². The highest BCUT2D eigenvalue weighted by atomic mass is 79.9. The predicted molar refractivity (Wildman–Crippen MR) is 90.3 cm³/mol. The summed E-state index contributed by atoms with van der Waals surface area (Å²) in [5, 5.41) is 3.51. The van der Waals surface area contributed by atoms with E-state index in [1.807, 2.05) is 12.1 Å². The topological polar surface area (TPSA) is 12.0 Å². The van der Waals surface area contributed by atoms with Gasteiger partial charge in [-0.05, 0) is 83.2 Å². The number of aryl methyl sites for hydroxylation is 3. The smallest absolute Gasteiger partial charge is 0.137 e. The van der Waals surface area contributed by atoms with Crippen LogP contribution in [0, 0.1) is 26.6 Å². The summed E-state index contributed by atoms with van der Waals surface area (Å²) in [6.07, 6.45) is 0. The van der Waals surface area contributed by atoms with Crippen LogP contribution in [0.3, 0.4) is 0 Å². The Bertz CT molecular complexity index is 652. The van der Waals surface area contributed by atoms with E-state index in [1.165, 1.54) is 28.3 Å². The van der Waals surface area contributed by atoms with Crippen molar-refractivity contribution in [2.75, 3.05) is 6.54 Å². The van der Waals surface area contributed by atoms with E-state index in [0.717, 1.165) is 12.1 Å². The van der Waals surface area contributed by atoms with Crippen LogP contribution >= 0.6 is 15.9 Å². The molecule has 1 nitrogen and oxygen atoms in total. The monoisotopic (exact) mass is 349 g/mol. The molecule has 2 aromatic rings. The lowest BCUT2D eigenvalue weighted by Gasteiger charge is -2.22. The summed E-state index contributed by atoms with van der Waals surface area (Å²) >= 11 is 3.28. The van der Waals surface area contributed by atoms with Gasteiger partial charge in [0.25, 0.3) is 0 Å². The van der Waals surface area contributed by atoms with Crippen LogP contribution in [0.1, 0.15) is 40.8 Å². The summed E-state index contributed by atoms with van der Waals surface area (Å²) in [6.45, 7) is 9.32. The molecule has 0 aliphatic rings. The summed E-state index contributed by atoms with van der Waals surface area (Å²) in [5.41, 5.74) is 6.14. The fourth-order valence-electron chi connectivity index (χ4n) is 2.60. The van der Waals surface area contributed by atoms with Gasteiger partial charge < -0.3 is 5.32 Å². The van der Waals surface area contributed by atoms with Crippen LogP contribution in [0.2, 0.25) is 0 Å². The highest BCUT2D eigenvalue weighted by molar-refractivity contribution is 9.10. The second-order valence-corrected chi connectivity index (χ2v) is 6.31. The fraction of sp³-hybridized carbons (Fsp3) is 0.333. The van der Waals surface area contributed by atoms with Crippen LogP contribution in [-0.4, -0.2) is 6.54 Å². The molecule has 0 bridgehead atoms. The van der Waals surface area contributed by atoms with Crippen molar-refractivity contribution in [2.45, 2.75) is 33.7 Å². The van der Waals surface area contributed by atoms with Gasteiger partial charge in [-0.2, -0.15) is 0 Å². The lowest BCUT2D eigenvalue weighted by Crippen LogP contribution is -2.23. The van der Waals surface area contributed by atoms with Gasteiger partial charge in [0.1, 0.15) is 5.82 Å². The molecule has 0 amide bonds. The van der Waals surface area contributed by atoms with Crippen LogP contribution in [-0.2, 0) is 0 Å². The molecule has 0 aromatic heterocycles. The molecule has 1 N–H and O–H groups in total. The average molecular weight is 350 g/mol. The molecule has 0 spiro atoms. The Hall–Kier alpha value is -1.19. The number of rotatable bonds is 4. The van der Waals surface area contributed by atoms with E-state index in [4.69, 9.17) is 0 Å². The molecular weight excluding hydrogens is 329 g/mol. The Labute approximate surface area is 134 Å². The lowest BCUT2D eigenvalue weighted by molar-refractivity contribution is 0.607. The molecule has 0 aliphatic heterocycles. The summed E-state index contributed by atoms with van der Waals surface area (Å²) in [6, 6.07) is 9.74. The second kappa shape index (κ2) is 6.71. The summed E-state index contributed by atoms with van der Waals surface area (Å²) in [4.78, 5) is 0. The van der Waals surface area contributed by atoms with Gasteiger partial charge >= 0.3 is 0 Å². The van der Waals surface area contributed by atoms with Gasteiger partial charge in [-0.15, -0.1) is 0 Å². The van der Waals surface area contributed by atoms with E-state index in [9.17, 15) is 4.39 Å². The first-order chi connectivity index (χ1) is 9.93. The third kappa shape index (κ3) is 3.53. The van der Waals surface area contributed by atoms with E-state index in [0.29, 0.717) is 4.47 Å². The van der Waals surface area contributed by atoms with Gasteiger partial charge in [-0.1, -0.05) is 25.1 Å². The van der Waals surface area contributed by atoms with E-state index >= 15 is 0 Å². The summed E-state index contributed by atoms with van der Waals surface area (Å²) < 4.78 is 14.0. The van der Waals surface area contributed by atoms with Crippen LogP contribution in [0.4, 0.5) is 4.39 Å². The Morgan fingerprint density at radius 3 is 2.33 bits per heavy atom. The zero-order chi connectivity index (χ0) is 15.6. The van der Waals surface area contributed by atoms with Crippen molar-refractivity contribution in [3.05, 3.63) is 68.4 Å². The van der Waals surface area contributed by atoms with Gasteiger partial charge in [-0.3, -0.25) is 0 Å². The third-order valence-electron chi connectivity index (χ3n) is 3.88. The van der Waals surface area contributed by atoms with E-state index in [-0.39, 0.29) is 11.9 Å². The first kappa shape index (κ1) is 16.2. The maximum atomic E-state index is 13.5. The Morgan fingerprint density at radius 1 is 1.05 bits per heavy atom. The van der Waals surface area contributed by atoms with Crippen LogP contribution in [0.15, 0.2) is 34.8 Å². The average Bonchev–Trinajstić information content (AvgIpc) is 2.44. The minimum Gasteiger partial charge on any atom is -0.307 e. The molecule has 0 saturated carbocycles. The fourth-order valence-corrected chi connectivity index (χ4v) is 2.99. The normalized spacial score (nSPS) is 12.5. The first-order valence-electron chi connectivity index (χ1n) is 7.20. The lowest BCUT2D eigenvalue weighted by atomic mass is 9.91. The highest BCUT2D eigenvalue weighted by Gasteiger charge is 2.17. The molecule has 2 rings (SSSR count). The van der Waals surface area contributed by atoms with Crippen molar-refractivity contribution in [3.63, 3.8) is 0 Å². The maximum absolute atomic E-state index is 13.5. The van der Waals surface area contributed by atoms with Crippen molar-refractivity contribution in [3.8, 4) is 0 Å². The molecule has 0 saturated heterocycles. The molecule has 0 heterocycles. The molecule has 0 aliphatic carbocycles. The number of benzene rings is 2.